The lowest BCUT2D eigenvalue weighted by Crippen LogP contribution is -1.91. The van der Waals surface area contributed by atoms with E-state index < -0.39 is 0 Å². The molecule has 0 saturated heterocycles. The summed E-state index contributed by atoms with van der Waals surface area (Å²) in [6.07, 6.45) is 1.57. The Kier molecular flexibility index (Phi) is 2.36. The number of hydrogen-bond acceptors (Lipinski definition) is 3. The average molecular weight is 139 g/mol. The maximum absolute atomic E-state index is 8.65. The quantitative estimate of drug-likeness (QED) is 0.609. The molecule has 1 heterocycles. The van der Waals surface area contributed by atoms with Crippen LogP contribution in [0, 0.1) is 0 Å². The first-order chi connectivity index (χ1) is 4.86. The fourth-order valence-electron chi connectivity index (χ4n) is 0.713. The summed E-state index contributed by atoms with van der Waals surface area (Å²) in [5, 5.41) is 17.3. The van der Waals surface area contributed by atoms with Crippen LogP contribution in [-0.2, 0) is 13.2 Å². The molecule has 3 nitrogen and oxygen atoms in total. The van der Waals surface area contributed by atoms with Gasteiger partial charge in [-0.25, -0.2) is 0 Å². The van der Waals surface area contributed by atoms with E-state index in [1.165, 1.54) is 0 Å². The minimum absolute atomic E-state index is 0.00444. The third-order valence-electron chi connectivity index (χ3n) is 1.23. The predicted octanol–water partition coefficient (Wildman–Crippen LogP) is 0.0662. The Hall–Kier alpha value is -0.930. The third kappa shape index (κ3) is 1.52. The van der Waals surface area contributed by atoms with Crippen molar-refractivity contribution in [2.75, 3.05) is 0 Å². The van der Waals surface area contributed by atoms with E-state index in [-0.39, 0.29) is 13.2 Å². The fourth-order valence-corrected chi connectivity index (χ4v) is 0.713. The summed E-state index contributed by atoms with van der Waals surface area (Å²) < 4.78 is 0. The van der Waals surface area contributed by atoms with Gasteiger partial charge in [-0.2, -0.15) is 0 Å². The SMILES string of the molecule is OCc1ccnc(CO)c1. The van der Waals surface area contributed by atoms with Gasteiger partial charge in [0.2, 0.25) is 0 Å². The zero-order valence-corrected chi connectivity index (χ0v) is 5.49. The van der Waals surface area contributed by atoms with Gasteiger partial charge in [0.1, 0.15) is 0 Å². The number of aliphatic hydroxyl groups is 2. The second-order valence-electron chi connectivity index (χ2n) is 1.97. The predicted molar refractivity (Wildman–Crippen MR) is 36.1 cm³/mol. The third-order valence-corrected chi connectivity index (χ3v) is 1.23. The van der Waals surface area contributed by atoms with Crippen LogP contribution in [-0.4, -0.2) is 15.2 Å². The summed E-state index contributed by atoms with van der Waals surface area (Å²) in [5.41, 5.74) is 1.37. The summed E-state index contributed by atoms with van der Waals surface area (Å²) in [7, 11) is 0. The second kappa shape index (κ2) is 3.29. The monoisotopic (exact) mass is 139 g/mol. The molecule has 0 bridgehead atoms. The number of nitrogens with zero attached hydrogens (tertiary/aromatic N) is 1. The summed E-state index contributed by atoms with van der Waals surface area (Å²) in [4.78, 5) is 3.84. The molecule has 0 atom stereocenters. The highest BCUT2D eigenvalue weighted by Gasteiger charge is 1.92. The van der Waals surface area contributed by atoms with Crippen LogP contribution in [0.15, 0.2) is 18.3 Å². The molecule has 0 saturated carbocycles. The van der Waals surface area contributed by atoms with Gasteiger partial charge in [0.25, 0.3) is 0 Å². The Morgan fingerprint density at radius 1 is 1.30 bits per heavy atom. The maximum atomic E-state index is 8.65. The van der Waals surface area contributed by atoms with Crippen molar-refractivity contribution in [2.45, 2.75) is 13.2 Å². The zero-order valence-electron chi connectivity index (χ0n) is 5.49. The van der Waals surface area contributed by atoms with Gasteiger partial charge in [0, 0.05) is 6.20 Å². The summed E-state index contributed by atoms with van der Waals surface area (Å²) in [6, 6.07) is 3.37. The second-order valence-corrected chi connectivity index (χ2v) is 1.97. The lowest BCUT2D eigenvalue weighted by atomic mass is 10.2. The van der Waals surface area contributed by atoms with E-state index in [1.54, 1.807) is 18.3 Å². The van der Waals surface area contributed by atoms with Crippen LogP contribution >= 0.6 is 0 Å². The number of aliphatic hydroxyl groups excluding tert-OH is 2. The highest BCUT2D eigenvalue weighted by molar-refractivity contribution is 5.14. The molecule has 1 aromatic heterocycles. The Bertz CT molecular complexity index is 193. The van der Waals surface area contributed by atoms with Crippen LogP contribution in [0.1, 0.15) is 11.3 Å². The largest absolute Gasteiger partial charge is 0.392 e. The smallest absolute Gasteiger partial charge is 0.0853 e. The molecule has 2 N–H and O–H groups in total. The van der Waals surface area contributed by atoms with Crippen molar-refractivity contribution < 1.29 is 10.2 Å². The summed E-state index contributed by atoms with van der Waals surface area (Å²) in [5.74, 6) is 0. The number of pyridine rings is 1. The van der Waals surface area contributed by atoms with Gasteiger partial charge < -0.3 is 10.2 Å². The van der Waals surface area contributed by atoms with Crippen molar-refractivity contribution in [1.82, 2.24) is 4.98 Å². The van der Waals surface area contributed by atoms with Gasteiger partial charge in [-0.3, -0.25) is 4.98 Å². The minimum Gasteiger partial charge on any atom is -0.392 e. The lowest BCUT2D eigenvalue weighted by Gasteiger charge is -1.96. The molecule has 0 radical (unpaired) electrons. The zero-order chi connectivity index (χ0) is 7.40. The first-order valence-electron chi connectivity index (χ1n) is 3.02. The summed E-state index contributed by atoms with van der Waals surface area (Å²) >= 11 is 0. The molecule has 10 heavy (non-hydrogen) atoms. The van der Waals surface area contributed by atoms with Crippen molar-refractivity contribution in [2.24, 2.45) is 0 Å². The Balaban J connectivity index is 2.87. The molecule has 0 aliphatic heterocycles. The van der Waals surface area contributed by atoms with Gasteiger partial charge in [-0.1, -0.05) is 0 Å². The lowest BCUT2D eigenvalue weighted by molar-refractivity contribution is 0.271. The fraction of sp³-hybridized carbons (Fsp3) is 0.286. The minimum atomic E-state index is -0.0756. The van der Waals surface area contributed by atoms with Gasteiger partial charge in [0.05, 0.1) is 18.9 Å². The molecule has 3 heteroatoms. The van der Waals surface area contributed by atoms with Crippen LogP contribution in [0.25, 0.3) is 0 Å². The number of rotatable bonds is 2. The van der Waals surface area contributed by atoms with E-state index in [0.29, 0.717) is 5.69 Å². The molecule has 0 unspecified atom stereocenters. The van der Waals surface area contributed by atoms with Gasteiger partial charge >= 0.3 is 0 Å². The van der Waals surface area contributed by atoms with Gasteiger partial charge in [-0.15, -0.1) is 0 Å². The molecule has 0 aliphatic carbocycles. The van der Waals surface area contributed by atoms with Crippen molar-refractivity contribution in [3.05, 3.63) is 29.6 Å². The molecule has 0 fully saturated rings. The molecule has 0 amide bonds. The molecule has 1 rings (SSSR count). The van der Waals surface area contributed by atoms with Gasteiger partial charge in [-0.05, 0) is 17.7 Å². The Morgan fingerprint density at radius 3 is 2.70 bits per heavy atom. The van der Waals surface area contributed by atoms with E-state index in [4.69, 9.17) is 10.2 Å². The standard InChI is InChI=1S/C7H9NO2/c9-4-6-1-2-8-7(3-6)5-10/h1-3,9-10H,4-5H2. The maximum Gasteiger partial charge on any atom is 0.0853 e. The topological polar surface area (TPSA) is 53.4 Å². The molecule has 0 aromatic carbocycles. The molecule has 54 valence electrons. The van der Waals surface area contributed by atoms with E-state index in [0.717, 1.165) is 5.56 Å². The first kappa shape index (κ1) is 7.18. The number of aromatic nitrogens is 1. The Morgan fingerprint density at radius 2 is 2.10 bits per heavy atom. The summed E-state index contributed by atoms with van der Waals surface area (Å²) in [6.45, 7) is -0.0800. The first-order valence-corrected chi connectivity index (χ1v) is 3.02. The van der Waals surface area contributed by atoms with Crippen LogP contribution in [0.2, 0.25) is 0 Å². The molecular weight excluding hydrogens is 130 g/mol. The van der Waals surface area contributed by atoms with Crippen molar-refractivity contribution in [3.63, 3.8) is 0 Å². The molecular formula is C7H9NO2. The van der Waals surface area contributed by atoms with Crippen LogP contribution in [0.5, 0.6) is 0 Å². The highest BCUT2D eigenvalue weighted by atomic mass is 16.3. The van der Waals surface area contributed by atoms with E-state index in [9.17, 15) is 0 Å². The molecule has 1 aromatic rings. The van der Waals surface area contributed by atoms with E-state index >= 15 is 0 Å². The number of hydrogen-bond donors (Lipinski definition) is 2. The van der Waals surface area contributed by atoms with Gasteiger partial charge in [0.15, 0.2) is 0 Å². The van der Waals surface area contributed by atoms with Crippen molar-refractivity contribution in [3.8, 4) is 0 Å². The van der Waals surface area contributed by atoms with E-state index in [1.807, 2.05) is 0 Å². The molecule has 0 spiro atoms. The Labute approximate surface area is 59.0 Å². The van der Waals surface area contributed by atoms with E-state index in [2.05, 4.69) is 4.98 Å². The van der Waals surface area contributed by atoms with Crippen LogP contribution in [0.4, 0.5) is 0 Å². The highest BCUT2D eigenvalue weighted by Crippen LogP contribution is 2.00. The van der Waals surface area contributed by atoms with Crippen molar-refractivity contribution >= 4 is 0 Å². The molecule has 0 aliphatic rings. The van der Waals surface area contributed by atoms with Crippen molar-refractivity contribution in [1.29, 1.82) is 0 Å². The van der Waals surface area contributed by atoms with Crippen LogP contribution < -0.4 is 0 Å². The normalized spacial score (nSPS) is 9.80. The van der Waals surface area contributed by atoms with Crippen LogP contribution in [0.3, 0.4) is 0 Å². The average Bonchev–Trinajstić information content (AvgIpc) is 2.05.